The van der Waals surface area contributed by atoms with E-state index in [2.05, 4.69) is 5.32 Å². The zero-order valence-corrected chi connectivity index (χ0v) is 16.0. The van der Waals surface area contributed by atoms with Crippen molar-refractivity contribution < 1.29 is 23.5 Å². The fourth-order valence-electron chi connectivity index (χ4n) is 2.78. The van der Waals surface area contributed by atoms with Crippen LogP contribution in [-0.4, -0.2) is 49.1 Å². The number of nitrogens with zero attached hydrogens (tertiary/aromatic N) is 1. The number of carbonyl (C=O) groups excluding carboxylic acids is 2. The number of halogens is 2. The molecule has 0 radical (unpaired) electrons. The lowest BCUT2D eigenvalue weighted by Crippen LogP contribution is -2.40. The highest BCUT2D eigenvalue weighted by molar-refractivity contribution is 6.30. The van der Waals surface area contributed by atoms with E-state index in [0.29, 0.717) is 37.1 Å². The van der Waals surface area contributed by atoms with Gasteiger partial charge in [-0.2, -0.15) is 0 Å². The van der Waals surface area contributed by atoms with Gasteiger partial charge in [0.1, 0.15) is 11.6 Å². The van der Waals surface area contributed by atoms with Gasteiger partial charge in [-0.1, -0.05) is 17.7 Å². The van der Waals surface area contributed by atoms with E-state index in [4.69, 9.17) is 21.1 Å². The van der Waals surface area contributed by atoms with Gasteiger partial charge in [-0.3, -0.25) is 9.59 Å². The number of benzene rings is 2. The molecule has 6 nitrogen and oxygen atoms in total. The average molecular weight is 407 g/mol. The van der Waals surface area contributed by atoms with Crippen LogP contribution in [0.15, 0.2) is 42.5 Å². The quantitative estimate of drug-likeness (QED) is 0.826. The molecule has 28 heavy (non-hydrogen) atoms. The third-order valence-electron chi connectivity index (χ3n) is 4.19. The smallest absolute Gasteiger partial charge is 0.265 e. The molecule has 1 N–H and O–H groups in total. The van der Waals surface area contributed by atoms with Crippen molar-refractivity contribution in [2.45, 2.75) is 13.0 Å². The SMILES string of the molecule is CC(Oc1cccc(Cl)c1)C(=O)Nc1cc(F)cc(C(=O)N2CCOCC2)c1. The van der Waals surface area contributed by atoms with Crippen LogP contribution in [0.4, 0.5) is 10.1 Å². The molecule has 2 aromatic carbocycles. The first-order valence-corrected chi connectivity index (χ1v) is 9.21. The van der Waals surface area contributed by atoms with Gasteiger partial charge in [0.2, 0.25) is 0 Å². The van der Waals surface area contributed by atoms with Crippen molar-refractivity contribution in [3.63, 3.8) is 0 Å². The molecule has 1 aliphatic rings. The molecule has 1 saturated heterocycles. The van der Waals surface area contributed by atoms with Gasteiger partial charge in [0.25, 0.3) is 11.8 Å². The van der Waals surface area contributed by atoms with E-state index < -0.39 is 17.8 Å². The number of ether oxygens (including phenoxy) is 2. The zero-order valence-electron chi connectivity index (χ0n) is 15.3. The van der Waals surface area contributed by atoms with Gasteiger partial charge in [0.05, 0.1) is 13.2 Å². The molecule has 0 aromatic heterocycles. The van der Waals surface area contributed by atoms with Crippen molar-refractivity contribution in [2.24, 2.45) is 0 Å². The highest BCUT2D eigenvalue weighted by Crippen LogP contribution is 2.20. The summed E-state index contributed by atoms with van der Waals surface area (Å²) in [6.07, 6.45) is -0.847. The number of morpholine rings is 1. The van der Waals surface area contributed by atoms with Crippen molar-refractivity contribution in [3.8, 4) is 5.75 Å². The van der Waals surface area contributed by atoms with Gasteiger partial charge < -0.3 is 19.7 Å². The first kappa shape index (κ1) is 20.1. The largest absolute Gasteiger partial charge is 0.481 e. The molecule has 148 valence electrons. The van der Waals surface area contributed by atoms with Gasteiger partial charge in [-0.15, -0.1) is 0 Å². The molecule has 1 atom stereocenters. The summed E-state index contributed by atoms with van der Waals surface area (Å²) < 4.78 is 24.8. The van der Waals surface area contributed by atoms with E-state index in [-0.39, 0.29) is 17.2 Å². The Bertz CT molecular complexity index is 871. The second kappa shape index (κ2) is 9.03. The first-order valence-electron chi connectivity index (χ1n) is 8.83. The Balaban J connectivity index is 1.68. The number of hydrogen-bond acceptors (Lipinski definition) is 4. The minimum Gasteiger partial charge on any atom is -0.481 e. The lowest BCUT2D eigenvalue weighted by atomic mass is 10.1. The summed E-state index contributed by atoms with van der Waals surface area (Å²) in [5.74, 6) is -0.952. The normalized spacial score (nSPS) is 15.0. The van der Waals surface area contributed by atoms with E-state index in [1.165, 1.54) is 6.07 Å². The van der Waals surface area contributed by atoms with Crippen molar-refractivity contribution in [1.29, 1.82) is 0 Å². The molecule has 0 spiro atoms. The van der Waals surface area contributed by atoms with Gasteiger partial charge in [0.15, 0.2) is 6.10 Å². The molecule has 1 fully saturated rings. The predicted molar refractivity (Wildman–Crippen MR) is 103 cm³/mol. The second-order valence-corrected chi connectivity index (χ2v) is 6.78. The minimum atomic E-state index is -0.847. The lowest BCUT2D eigenvalue weighted by molar-refractivity contribution is -0.122. The Morgan fingerprint density at radius 3 is 2.68 bits per heavy atom. The summed E-state index contributed by atoms with van der Waals surface area (Å²) in [5.41, 5.74) is 0.351. The van der Waals surface area contributed by atoms with Crippen LogP contribution >= 0.6 is 11.6 Å². The number of rotatable bonds is 5. The summed E-state index contributed by atoms with van der Waals surface area (Å²) in [4.78, 5) is 26.5. The predicted octanol–water partition coefficient (Wildman–Crippen LogP) is 3.36. The summed E-state index contributed by atoms with van der Waals surface area (Å²) >= 11 is 5.90. The average Bonchev–Trinajstić information content (AvgIpc) is 2.67. The van der Waals surface area contributed by atoms with Crippen molar-refractivity contribution >= 4 is 29.1 Å². The van der Waals surface area contributed by atoms with Gasteiger partial charge in [0, 0.05) is 29.4 Å². The number of hydrogen-bond donors (Lipinski definition) is 1. The monoisotopic (exact) mass is 406 g/mol. The molecule has 2 amide bonds. The van der Waals surface area contributed by atoms with Crippen LogP contribution in [0.25, 0.3) is 0 Å². The second-order valence-electron chi connectivity index (χ2n) is 6.34. The highest BCUT2D eigenvalue weighted by Gasteiger charge is 2.21. The molecule has 2 aromatic rings. The Kier molecular flexibility index (Phi) is 6.49. The number of amides is 2. The maximum absolute atomic E-state index is 14.0. The Hall–Kier alpha value is -2.64. The zero-order chi connectivity index (χ0) is 20.1. The Labute approximate surface area is 167 Å². The van der Waals surface area contributed by atoms with Crippen molar-refractivity contribution in [1.82, 2.24) is 4.90 Å². The van der Waals surface area contributed by atoms with Crippen LogP contribution in [-0.2, 0) is 9.53 Å². The molecule has 3 rings (SSSR count). The summed E-state index contributed by atoms with van der Waals surface area (Å²) in [5, 5.41) is 3.07. The number of anilines is 1. The molecular formula is C20H20ClFN2O4. The number of carbonyl (C=O) groups is 2. The molecule has 1 heterocycles. The minimum absolute atomic E-state index is 0.167. The van der Waals surface area contributed by atoms with Crippen LogP contribution < -0.4 is 10.1 Å². The topological polar surface area (TPSA) is 67.9 Å². The lowest BCUT2D eigenvalue weighted by Gasteiger charge is -2.27. The molecule has 0 bridgehead atoms. The van der Waals surface area contributed by atoms with E-state index in [1.807, 2.05) is 0 Å². The first-order chi connectivity index (χ1) is 13.4. The number of nitrogens with one attached hydrogen (secondary N) is 1. The highest BCUT2D eigenvalue weighted by atomic mass is 35.5. The maximum atomic E-state index is 14.0. The van der Waals surface area contributed by atoms with Crippen LogP contribution in [0, 0.1) is 5.82 Å². The van der Waals surface area contributed by atoms with E-state index in [1.54, 1.807) is 36.1 Å². The van der Waals surface area contributed by atoms with Gasteiger partial charge in [-0.25, -0.2) is 4.39 Å². The van der Waals surface area contributed by atoms with E-state index in [9.17, 15) is 14.0 Å². The Morgan fingerprint density at radius 2 is 1.96 bits per heavy atom. The van der Waals surface area contributed by atoms with E-state index >= 15 is 0 Å². The maximum Gasteiger partial charge on any atom is 0.265 e. The van der Waals surface area contributed by atoms with Crippen LogP contribution in [0.2, 0.25) is 5.02 Å². The van der Waals surface area contributed by atoms with Crippen LogP contribution in [0.1, 0.15) is 17.3 Å². The van der Waals surface area contributed by atoms with Gasteiger partial charge >= 0.3 is 0 Å². The molecule has 0 aliphatic carbocycles. The van der Waals surface area contributed by atoms with E-state index in [0.717, 1.165) is 12.1 Å². The summed E-state index contributed by atoms with van der Waals surface area (Å²) in [6, 6.07) is 10.4. The third kappa shape index (κ3) is 5.21. The fourth-order valence-corrected chi connectivity index (χ4v) is 2.96. The van der Waals surface area contributed by atoms with Crippen molar-refractivity contribution in [3.05, 3.63) is 58.9 Å². The fraction of sp³-hybridized carbons (Fsp3) is 0.300. The standard InChI is InChI=1S/C20H20ClFN2O4/c1-13(28-18-4-2-3-15(21)11-18)19(25)23-17-10-14(9-16(22)12-17)20(26)24-5-7-27-8-6-24/h2-4,9-13H,5-8H2,1H3,(H,23,25). The van der Waals surface area contributed by atoms with Crippen LogP contribution in [0.3, 0.4) is 0 Å². The van der Waals surface area contributed by atoms with Crippen molar-refractivity contribution in [2.75, 3.05) is 31.6 Å². The third-order valence-corrected chi connectivity index (χ3v) is 4.42. The Morgan fingerprint density at radius 1 is 1.21 bits per heavy atom. The summed E-state index contributed by atoms with van der Waals surface area (Å²) in [7, 11) is 0. The molecule has 0 saturated carbocycles. The molecule has 1 unspecified atom stereocenters. The van der Waals surface area contributed by atoms with Gasteiger partial charge in [-0.05, 0) is 43.3 Å². The molecule has 8 heteroatoms. The van der Waals surface area contributed by atoms with Crippen LogP contribution in [0.5, 0.6) is 5.75 Å². The molecular weight excluding hydrogens is 387 g/mol. The summed E-state index contributed by atoms with van der Waals surface area (Å²) in [6.45, 7) is 3.35. The molecule has 1 aliphatic heterocycles.